The molecule has 0 saturated heterocycles. The van der Waals surface area contributed by atoms with Crippen LogP contribution < -0.4 is 5.32 Å². The molecule has 0 aliphatic heterocycles. The SMILES string of the molecule is CC(=O)[C@H](Cc1ccccc1)NC(=O)COC(=O)c1cc(O)c2ccccc2c1O. The maximum Gasteiger partial charge on any atom is 0.342 e. The number of hydrogen-bond donors (Lipinski definition) is 3. The first-order valence-corrected chi connectivity index (χ1v) is 9.31. The fourth-order valence-electron chi connectivity index (χ4n) is 3.09. The van der Waals surface area contributed by atoms with E-state index in [-0.39, 0.29) is 28.2 Å². The van der Waals surface area contributed by atoms with Crippen LogP contribution in [0.1, 0.15) is 22.8 Å². The maximum atomic E-state index is 12.3. The van der Waals surface area contributed by atoms with Gasteiger partial charge in [0.05, 0.1) is 6.04 Å². The van der Waals surface area contributed by atoms with Gasteiger partial charge in [-0.25, -0.2) is 4.79 Å². The van der Waals surface area contributed by atoms with Gasteiger partial charge in [-0.1, -0.05) is 54.6 Å². The van der Waals surface area contributed by atoms with Gasteiger partial charge in [0.2, 0.25) is 0 Å². The zero-order valence-corrected chi connectivity index (χ0v) is 16.3. The Kier molecular flexibility index (Phi) is 6.32. The molecule has 154 valence electrons. The first kappa shape index (κ1) is 20.9. The van der Waals surface area contributed by atoms with Crippen molar-refractivity contribution in [3.63, 3.8) is 0 Å². The zero-order valence-electron chi connectivity index (χ0n) is 16.3. The van der Waals surface area contributed by atoms with Crippen molar-refractivity contribution < 1.29 is 29.3 Å². The van der Waals surface area contributed by atoms with Crippen molar-refractivity contribution in [2.75, 3.05) is 6.61 Å². The van der Waals surface area contributed by atoms with Crippen LogP contribution in [-0.4, -0.2) is 40.5 Å². The minimum Gasteiger partial charge on any atom is -0.507 e. The number of phenols is 2. The third kappa shape index (κ3) is 4.75. The summed E-state index contributed by atoms with van der Waals surface area (Å²) >= 11 is 0. The van der Waals surface area contributed by atoms with Crippen LogP contribution >= 0.6 is 0 Å². The summed E-state index contributed by atoms with van der Waals surface area (Å²) in [4.78, 5) is 36.4. The fourth-order valence-corrected chi connectivity index (χ4v) is 3.09. The molecule has 30 heavy (non-hydrogen) atoms. The number of ether oxygens (including phenoxy) is 1. The summed E-state index contributed by atoms with van der Waals surface area (Å²) in [6, 6.07) is 16.0. The largest absolute Gasteiger partial charge is 0.507 e. The van der Waals surface area contributed by atoms with Gasteiger partial charge in [-0.3, -0.25) is 9.59 Å². The van der Waals surface area contributed by atoms with Gasteiger partial charge in [0.15, 0.2) is 12.4 Å². The van der Waals surface area contributed by atoms with Crippen molar-refractivity contribution in [2.45, 2.75) is 19.4 Å². The van der Waals surface area contributed by atoms with Crippen molar-refractivity contribution in [3.8, 4) is 11.5 Å². The highest BCUT2D eigenvalue weighted by Crippen LogP contribution is 2.35. The molecule has 0 radical (unpaired) electrons. The number of fused-ring (bicyclic) bond motifs is 1. The topological polar surface area (TPSA) is 113 Å². The lowest BCUT2D eigenvalue weighted by Gasteiger charge is -2.16. The Balaban J connectivity index is 1.65. The molecule has 3 N–H and O–H groups in total. The standard InChI is InChI=1S/C23H21NO6/c1-14(25)19(11-15-7-3-2-4-8-15)24-21(27)13-30-23(29)18-12-20(26)16-9-5-6-10-17(16)22(18)28/h2-10,12,19,26,28H,11,13H2,1H3,(H,24,27)/t19-/m0/s1. The van der Waals surface area contributed by atoms with E-state index in [4.69, 9.17) is 4.74 Å². The average Bonchev–Trinajstić information content (AvgIpc) is 2.75. The first-order chi connectivity index (χ1) is 14.4. The molecule has 0 bridgehead atoms. The van der Waals surface area contributed by atoms with Gasteiger partial charge in [-0.05, 0) is 25.0 Å². The van der Waals surface area contributed by atoms with E-state index in [1.807, 2.05) is 30.3 Å². The number of esters is 1. The molecule has 0 heterocycles. The Morgan fingerprint density at radius 2 is 1.60 bits per heavy atom. The normalized spacial score (nSPS) is 11.6. The van der Waals surface area contributed by atoms with Gasteiger partial charge in [-0.2, -0.15) is 0 Å². The summed E-state index contributed by atoms with van der Waals surface area (Å²) in [6.45, 7) is 0.736. The van der Waals surface area contributed by atoms with Gasteiger partial charge in [0.1, 0.15) is 17.1 Å². The first-order valence-electron chi connectivity index (χ1n) is 9.31. The van der Waals surface area contributed by atoms with Crippen molar-refractivity contribution in [3.05, 3.63) is 71.8 Å². The second-order valence-electron chi connectivity index (χ2n) is 6.83. The molecule has 3 aromatic carbocycles. The van der Waals surface area contributed by atoms with Crippen LogP contribution in [-0.2, 0) is 20.7 Å². The molecule has 7 heteroatoms. The predicted octanol–water partition coefficient (Wildman–Crippen LogP) is 2.72. The number of benzene rings is 3. The number of carbonyl (C=O) groups is 3. The predicted molar refractivity (Wildman–Crippen MR) is 110 cm³/mol. The van der Waals surface area contributed by atoms with E-state index >= 15 is 0 Å². The van der Waals surface area contributed by atoms with Crippen molar-refractivity contribution >= 4 is 28.4 Å². The van der Waals surface area contributed by atoms with Gasteiger partial charge < -0.3 is 20.3 Å². The number of Topliss-reactive ketones (excluding diaryl/α,β-unsaturated/α-hetero) is 1. The van der Waals surface area contributed by atoms with Gasteiger partial charge in [-0.15, -0.1) is 0 Å². The molecule has 0 aromatic heterocycles. The van der Waals surface area contributed by atoms with Crippen molar-refractivity contribution in [1.29, 1.82) is 0 Å². The highest BCUT2D eigenvalue weighted by Gasteiger charge is 2.21. The molecule has 0 aliphatic carbocycles. The molecule has 7 nitrogen and oxygen atoms in total. The van der Waals surface area contributed by atoms with Crippen LogP contribution in [0.4, 0.5) is 0 Å². The zero-order chi connectivity index (χ0) is 21.7. The summed E-state index contributed by atoms with van der Waals surface area (Å²) in [5.41, 5.74) is 0.623. The number of rotatable bonds is 7. The number of amides is 1. The number of carbonyl (C=O) groups excluding carboxylic acids is 3. The minimum absolute atomic E-state index is 0.195. The third-order valence-corrected chi connectivity index (χ3v) is 4.66. The minimum atomic E-state index is -0.967. The van der Waals surface area contributed by atoms with E-state index in [1.54, 1.807) is 24.3 Å². The molecule has 1 amide bonds. The quantitative estimate of drug-likeness (QED) is 0.410. The van der Waals surface area contributed by atoms with E-state index in [0.29, 0.717) is 11.8 Å². The number of phenolic OH excluding ortho intramolecular Hbond substituents is 2. The second-order valence-corrected chi connectivity index (χ2v) is 6.83. The lowest BCUT2D eigenvalue weighted by Crippen LogP contribution is -2.43. The Morgan fingerprint density at radius 3 is 2.27 bits per heavy atom. The molecule has 0 spiro atoms. The molecule has 3 aromatic rings. The number of nitrogens with one attached hydrogen (secondary N) is 1. The highest BCUT2D eigenvalue weighted by molar-refractivity contribution is 6.04. The summed E-state index contributed by atoms with van der Waals surface area (Å²) < 4.78 is 4.97. The van der Waals surface area contributed by atoms with Crippen LogP contribution in [0.15, 0.2) is 60.7 Å². The van der Waals surface area contributed by atoms with Crippen LogP contribution in [0.2, 0.25) is 0 Å². The van der Waals surface area contributed by atoms with Crippen LogP contribution in [0.3, 0.4) is 0 Å². The number of ketones is 1. The molecule has 3 rings (SSSR count). The summed E-state index contributed by atoms with van der Waals surface area (Å²) in [5, 5.41) is 23.6. The van der Waals surface area contributed by atoms with Crippen LogP contribution in [0.5, 0.6) is 11.5 Å². The van der Waals surface area contributed by atoms with E-state index in [1.165, 1.54) is 6.92 Å². The van der Waals surface area contributed by atoms with Crippen molar-refractivity contribution in [2.24, 2.45) is 0 Å². The second kappa shape index (κ2) is 9.09. The Bertz CT molecular complexity index is 1090. The van der Waals surface area contributed by atoms with E-state index < -0.39 is 24.5 Å². The van der Waals surface area contributed by atoms with Gasteiger partial charge >= 0.3 is 5.97 Å². The Hall–Kier alpha value is -3.87. The molecule has 1 atom stereocenters. The monoisotopic (exact) mass is 407 g/mol. The third-order valence-electron chi connectivity index (χ3n) is 4.66. The Labute approximate surface area is 172 Å². The molecule has 0 aliphatic rings. The molecular weight excluding hydrogens is 386 g/mol. The maximum absolute atomic E-state index is 12.3. The van der Waals surface area contributed by atoms with Gasteiger partial charge in [0.25, 0.3) is 5.91 Å². The summed E-state index contributed by atoms with van der Waals surface area (Å²) in [5.74, 6) is -2.38. The number of aromatic hydroxyl groups is 2. The summed E-state index contributed by atoms with van der Waals surface area (Å²) in [7, 11) is 0. The number of hydrogen-bond acceptors (Lipinski definition) is 6. The van der Waals surface area contributed by atoms with E-state index in [0.717, 1.165) is 11.6 Å². The smallest absolute Gasteiger partial charge is 0.342 e. The lowest BCUT2D eigenvalue weighted by atomic mass is 10.0. The fraction of sp³-hybridized carbons (Fsp3) is 0.174. The van der Waals surface area contributed by atoms with Crippen LogP contribution in [0.25, 0.3) is 10.8 Å². The summed E-state index contributed by atoms with van der Waals surface area (Å²) in [6.07, 6.45) is 0.315. The van der Waals surface area contributed by atoms with E-state index in [9.17, 15) is 24.6 Å². The molecule has 0 unspecified atom stereocenters. The lowest BCUT2D eigenvalue weighted by molar-refractivity contribution is -0.128. The Morgan fingerprint density at radius 1 is 0.967 bits per heavy atom. The average molecular weight is 407 g/mol. The highest BCUT2D eigenvalue weighted by atomic mass is 16.5. The van der Waals surface area contributed by atoms with Gasteiger partial charge in [0, 0.05) is 10.8 Å². The molecular formula is C23H21NO6. The van der Waals surface area contributed by atoms with Crippen molar-refractivity contribution in [1.82, 2.24) is 5.32 Å². The molecule has 0 saturated carbocycles. The molecule has 0 fully saturated rings. The van der Waals surface area contributed by atoms with Crippen LogP contribution in [0, 0.1) is 0 Å². The van der Waals surface area contributed by atoms with E-state index in [2.05, 4.69) is 5.32 Å².